The summed E-state index contributed by atoms with van der Waals surface area (Å²) in [6.07, 6.45) is 5.09. The number of methoxy groups -OCH3 is 2. The molecule has 0 atom stereocenters. The number of furan rings is 1. The number of nitrogens with one attached hydrogen (secondary N) is 2. The third kappa shape index (κ3) is 6.20. The van der Waals surface area contributed by atoms with Gasteiger partial charge in [0.05, 0.1) is 20.5 Å². The average Bonchev–Trinajstić information content (AvgIpc) is 3.19. The Morgan fingerprint density at radius 1 is 1.15 bits per heavy atom. The summed E-state index contributed by atoms with van der Waals surface area (Å²) in [5.74, 6) is 3.17. The number of benzene rings is 1. The first-order valence-electron chi connectivity index (χ1n) is 8.63. The minimum atomic E-state index is 0.649. The van der Waals surface area contributed by atoms with Crippen LogP contribution >= 0.6 is 0 Å². The van der Waals surface area contributed by atoms with E-state index < -0.39 is 0 Å². The predicted molar refractivity (Wildman–Crippen MR) is 104 cm³/mol. The number of aliphatic imine (C=N–C) groups is 1. The second kappa shape index (κ2) is 10.9. The van der Waals surface area contributed by atoms with E-state index in [9.17, 15) is 0 Å². The predicted octanol–water partition coefficient (Wildman–Crippen LogP) is 2.80. The van der Waals surface area contributed by atoms with Crippen LogP contribution < -0.4 is 20.1 Å². The van der Waals surface area contributed by atoms with E-state index in [2.05, 4.69) is 22.2 Å². The van der Waals surface area contributed by atoms with Crippen LogP contribution in [-0.2, 0) is 12.8 Å². The molecule has 1 aromatic heterocycles. The minimum Gasteiger partial charge on any atom is -0.493 e. The lowest BCUT2D eigenvalue weighted by Gasteiger charge is -2.12. The van der Waals surface area contributed by atoms with Crippen molar-refractivity contribution in [3.63, 3.8) is 0 Å². The minimum absolute atomic E-state index is 0.649. The van der Waals surface area contributed by atoms with Gasteiger partial charge in [-0.05, 0) is 36.2 Å². The SMILES string of the molecule is C=CCNC(=NCCc1ccco1)NCCc1ccc(OC)c(OC)c1. The summed E-state index contributed by atoms with van der Waals surface area (Å²) in [6, 6.07) is 9.79. The smallest absolute Gasteiger partial charge is 0.191 e. The van der Waals surface area contributed by atoms with Crippen molar-refractivity contribution in [3.8, 4) is 11.5 Å². The van der Waals surface area contributed by atoms with Crippen molar-refractivity contribution in [1.82, 2.24) is 10.6 Å². The number of guanidine groups is 1. The van der Waals surface area contributed by atoms with Crippen LogP contribution in [0.5, 0.6) is 11.5 Å². The maximum Gasteiger partial charge on any atom is 0.191 e. The molecule has 6 nitrogen and oxygen atoms in total. The largest absolute Gasteiger partial charge is 0.493 e. The van der Waals surface area contributed by atoms with E-state index in [0.717, 1.165) is 48.2 Å². The molecule has 0 saturated heterocycles. The van der Waals surface area contributed by atoms with Gasteiger partial charge in [0, 0.05) is 26.1 Å². The molecule has 2 N–H and O–H groups in total. The quantitative estimate of drug-likeness (QED) is 0.389. The monoisotopic (exact) mass is 357 g/mol. The van der Waals surface area contributed by atoms with Gasteiger partial charge < -0.3 is 24.5 Å². The van der Waals surface area contributed by atoms with Crippen LogP contribution in [0.1, 0.15) is 11.3 Å². The standard InChI is InChI=1S/C20H27N3O3/c1-4-11-21-20(23-13-10-17-6-5-14-26-17)22-12-9-16-7-8-18(24-2)19(15-16)25-3/h4-8,14-15H,1,9-13H2,2-3H3,(H2,21,22,23). The van der Waals surface area contributed by atoms with E-state index >= 15 is 0 Å². The summed E-state index contributed by atoms with van der Waals surface area (Å²) in [4.78, 5) is 4.57. The summed E-state index contributed by atoms with van der Waals surface area (Å²) in [5.41, 5.74) is 1.16. The second-order valence-electron chi connectivity index (χ2n) is 5.60. The number of ether oxygens (including phenoxy) is 2. The van der Waals surface area contributed by atoms with Crippen molar-refractivity contribution in [2.75, 3.05) is 33.9 Å². The highest BCUT2D eigenvalue weighted by Crippen LogP contribution is 2.27. The molecule has 0 saturated carbocycles. The zero-order valence-corrected chi connectivity index (χ0v) is 15.5. The van der Waals surface area contributed by atoms with Gasteiger partial charge in [0.15, 0.2) is 17.5 Å². The molecule has 0 aliphatic heterocycles. The Hall–Kier alpha value is -2.89. The van der Waals surface area contributed by atoms with Gasteiger partial charge in [0.25, 0.3) is 0 Å². The number of nitrogens with zero attached hydrogens (tertiary/aromatic N) is 1. The van der Waals surface area contributed by atoms with Crippen molar-refractivity contribution < 1.29 is 13.9 Å². The van der Waals surface area contributed by atoms with Gasteiger partial charge >= 0.3 is 0 Å². The third-order valence-corrected chi connectivity index (χ3v) is 3.78. The van der Waals surface area contributed by atoms with Crippen LogP contribution in [0.2, 0.25) is 0 Å². The molecule has 6 heteroatoms. The molecule has 0 aliphatic rings. The van der Waals surface area contributed by atoms with Crippen molar-refractivity contribution in [1.29, 1.82) is 0 Å². The zero-order valence-electron chi connectivity index (χ0n) is 15.5. The number of hydrogen-bond acceptors (Lipinski definition) is 4. The molecule has 1 aromatic carbocycles. The van der Waals surface area contributed by atoms with Crippen LogP contribution in [0.4, 0.5) is 0 Å². The summed E-state index contributed by atoms with van der Waals surface area (Å²) in [5, 5.41) is 6.56. The summed E-state index contributed by atoms with van der Waals surface area (Å²) in [6.45, 7) is 5.78. The molecular formula is C20H27N3O3. The first kappa shape index (κ1) is 19.4. The molecule has 0 unspecified atom stereocenters. The molecule has 140 valence electrons. The Morgan fingerprint density at radius 3 is 2.69 bits per heavy atom. The van der Waals surface area contributed by atoms with E-state index in [0.29, 0.717) is 13.1 Å². The maximum absolute atomic E-state index is 5.34. The lowest BCUT2D eigenvalue weighted by atomic mass is 10.1. The second-order valence-corrected chi connectivity index (χ2v) is 5.60. The highest BCUT2D eigenvalue weighted by molar-refractivity contribution is 5.79. The van der Waals surface area contributed by atoms with Gasteiger partial charge in [0.2, 0.25) is 0 Å². The fourth-order valence-corrected chi connectivity index (χ4v) is 2.44. The molecule has 0 radical (unpaired) electrons. The van der Waals surface area contributed by atoms with Gasteiger partial charge in [-0.2, -0.15) is 0 Å². The maximum atomic E-state index is 5.34. The van der Waals surface area contributed by atoms with E-state index in [1.54, 1.807) is 26.6 Å². The van der Waals surface area contributed by atoms with Gasteiger partial charge in [-0.25, -0.2) is 0 Å². The molecule has 1 heterocycles. The van der Waals surface area contributed by atoms with E-state index in [-0.39, 0.29) is 0 Å². The van der Waals surface area contributed by atoms with Crippen molar-refractivity contribution in [3.05, 3.63) is 60.6 Å². The first-order chi connectivity index (χ1) is 12.8. The highest BCUT2D eigenvalue weighted by Gasteiger charge is 2.05. The Bertz CT molecular complexity index is 696. The molecule has 0 bridgehead atoms. The molecule has 2 rings (SSSR count). The van der Waals surface area contributed by atoms with E-state index in [1.807, 2.05) is 30.3 Å². The van der Waals surface area contributed by atoms with Gasteiger partial charge in [-0.3, -0.25) is 4.99 Å². The van der Waals surface area contributed by atoms with E-state index in [1.165, 1.54) is 0 Å². The molecular weight excluding hydrogens is 330 g/mol. The summed E-state index contributed by atoms with van der Waals surface area (Å²) >= 11 is 0. The van der Waals surface area contributed by atoms with Crippen LogP contribution in [0.3, 0.4) is 0 Å². The summed E-state index contributed by atoms with van der Waals surface area (Å²) < 4.78 is 15.9. The van der Waals surface area contributed by atoms with Crippen LogP contribution in [-0.4, -0.2) is 39.8 Å². The first-order valence-corrected chi connectivity index (χ1v) is 8.63. The molecule has 0 fully saturated rings. The highest BCUT2D eigenvalue weighted by atomic mass is 16.5. The Labute approximate surface area is 154 Å². The van der Waals surface area contributed by atoms with Crippen molar-refractivity contribution >= 4 is 5.96 Å². The number of hydrogen-bond donors (Lipinski definition) is 2. The average molecular weight is 357 g/mol. The van der Waals surface area contributed by atoms with Crippen LogP contribution in [0, 0.1) is 0 Å². The van der Waals surface area contributed by atoms with Crippen molar-refractivity contribution in [2.45, 2.75) is 12.8 Å². The molecule has 0 amide bonds. The Kier molecular flexibility index (Phi) is 8.12. The molecule has 0 aliphatic carbocycles. The number of rotatable bonds is 10. The van der Waals surface area contributed by atoms with Crippen molar-refractivity contribution in [2.24, 2.45) is 4.99 Å². The Balaban J connectivity index is 1.86. The fraction of sp³-hybridized carbons (Fsp3) is 0.350. The lowest BCUT2D eigenvalue weighted by molar-refractivity contribution is 0.354. The van der Waals surface area contributed by atoms with Gasteiger partial charge in [-0.15, -0.1) is 6.58 Å². The molecule has 26 heavy (non-hydrogen) atoms. The van der Waals surface area contributed by atoms with Crippen LogP contribution in [0.25, 0.3) is 0 Å². The normalized spacial score (nSPS) is 11.1. The fourth-order valence-electron chi connectivity index (χ4n) is 2.44. The third-order valence-electron chi connectivity index (χ3n) is 3.78. The van der Waals surface area contributed by atoms with Crippen LogP contribution in [0.15, 0.2) is 58.7 Å². The van der Waals surface area contributed by atoms with Gasteiger partial charge in [-0.1, -0.05) is 12.1 Å². The van der Waals surface area contributed by atoms with Gasteiger partial charge in [0.1, 0.15) is 5.76 Å². The lowest BCUT2D eigenvalue weighted by Crippen LogP contribution is -2.38. The Morgan fingerprint density at radius 2 is 2.00 bits per heavy atom. The zero-order chi connectivity index (χ0) is 18.6. The molecule has 0 spiro atoms. The molecule has 2 aromatic rings. The topological polar surface area (TPSA) is 68.0 Å². The summed E-state index contributed by atoms with van der Waals surface area (Å²) in [7, 11) is 3.28. The van der Waals surface area contributed by atoms with E-state index in [4.69, 9.17) is 13.9 Å².